The lowest BCUT2D eigenvalue weighted by atomic mass is 10.1. The number of alkyl halides is 3. The molecular weight excluding hydrogens is 465 g/mol. The number of aryl methyl sites for hydroxylation is 1. The van der Waals surface area contributed by atoms with Crippen molar-refractivity contribution in [3.8, 4) is 0 Å². The van der Waals surface area contributed by atoms with Crippen LogP contribution in [-0.4, -0.2) is 61.6 Å². The van der Waals surface area contributed by atoms with Crippen molar-refractivity contribution in [1.29, 1.82) is 0 Å². The predicted molar refractivity (Wildman–Crippen MR) is 123 cm³/mol. The second-order valence-corrected chi connectivity index (χ2v) is 8.47. The number of ether oxygens (including phenoxy) is 1. The van der Waals surface area contributed by atoms with Gasteiger partial charge in [0.1, 0.15) is 12.6 Å². The molecule has 4 rings (SSSR count). The van der Waals surface area contributed by atoms with Crippen molar-refractivity contribution in [1.82, 2.24) is 4.90 Å². The Kier molecular flexibility index (Phi) is 6.70. The highest BCUT2D eigenvalue weighted by Gasteiger charge is 2.44. The van der Waals surface area contributed by atoms with Crippen molar-refractivity contribution >= 4 is 34.9 Å². The summed E-state index contributed by atoms with van der Waals surface area (Å²) < 4.78 is 45.3. The van der Waals surface area contributed by atoms with E-state index in [0.717, 1.165) is 22.6 Å². The molecule has 2 aliphatic heterocycles. The van der Waals surface area contributed by atoms with E-state index in [1.54, 1.807) is 31.2 Å². The van der Waals surface area contributed by atoms with Crippen LogP contribution in [0.5, 0.6) is 0 Å². The monoisotopic (exact) mass is 490 g/mol. The van der Waals surface area contributed by atoms with Gasteiger partial charge in [0, 0.05) is 18.8 Å². The molecule has 0 aliphatic carbocycles. The maximum absolute atomic E-state index is 13.3. The first kappa shape index (κ1) is 24.5. The maximum atomic E-state index is 13.3. The maximum Gasteiger partial charge on any atom is 0.416 e. The highest BCUT2D eigenvalue weighted by molar-refractivity contribution is 6.16. The molecule has 0 radical (unpaired) electrons. The van der Waals surface area contributed by atoms with Gasteiger partial charge < -0.3 is 15.0 Å². The van der Waals surface area contributed by atoms with Gasteiger partial charge in [0.15, 0.2) is 0 Å². The third-order valence-electron chi connectivity index (χ3n) is 6.01. The number of urea groups is 1. The molecule has 0 aromatic heterocycles. The molecule has 0 saturated carbocycles. The first-order chi connectivity index (χ1) is 16.6. The number of carbonyl (C=O) groups is 3. The van der Waals surface area contributed by atoms with Crippen molar-refractivity contribution in [2.75, 3.05) is 48.0 Å². The molecule has 2 heterocycles. The van der Waals surface area contributed by atoms with Crippen molar-refractivity contribution in [2.24, 2.45) is 0 Å². The Labute approximate surface area is 200 Å². The first-order valence-corrected chi connectivity index (χ1v) is 11.1. The number of nitrogens with one attached hydrogen (secondary N) is 1. The van der Waals surface area contributed by atoms with Gasteiger partial charge in [-0.2, -0.15) is 13.2 Å². The second kappa shape index (κ2) is 9.57. The largest absolute Gasteiger partial charge is 0.416 e. The van der Waals surface area contributed by atoms with Crippen LogP contribution in [0.15, 0.2) is 42.5 Å². The van der Waals surface area contributed by atoms with Gasteiger partial charge in [0.2, 0.25) is 5.91 Å². The van der Waals surface area contributed by atoms with E-state index < -0.39 is 42.2 Å². The molecule has 11 heteroatoms. The zero-order chi connectivity index (χ0) is 25.3. The van der Waals surface area contributed by atoms with Crippen molar-refractivity contribution in [2.45, 2.75) is 26.1 Å². The van der Waals surface area contributed by atoms with E-state index in [2.05, 4.69) is 5.32 Å². The minimum Gasteiger partial charge on any atom is -0.378 e. The molecule has 2 aliphatic rings. The molecule has 2 fully saturated rings. The number of anilines is 3. The van der Waals surface area contributed by atoms with Crippen molar-refractivity contribution in [3.63, 3.8) is 0 Å². The molecule has 0 bridgehead atoms. The number of hydrogen-bond acceptors (Lipinski definition) is 5. The summed E-state index contributed by atoms with van der Waals surface area (Å²) in [5.74, 6) is -1.35. The molecule has 8 nitrogen and oxygen atoms in total. The van der Waals surface area contributed by atoms with Crippen LogP contribution in [0.25, 0.3) is 0 Å². The number of hydrogen-bond donors (Lipinski definition) is 1. The van der Waals surface area contributed by atoms with Gasteiger partial charge in [0.25, 0.3) is 5.91 Å². The molecule has 2 saturated heterocycles. The Morgan fingerprint density at radius 1 is 1.09 bits per heavy atom. The number of carbonyl (C=O) groups excluding carboxylic acids is 3. The van der Waals surface area contributed by atoms with Crippen molar-refractivity contribution < 1.29 is 32.3 Å². The van der Waals surface area contributed by atoms with Crippen LogP contribution in [-0.2, 0) is 20.5 Å². The molecule has 186 valence electrons. The number of rotatable bonds is 5. The Morgan fingerprint density at radius 2 is 1.74 bits per heavy atom. The van der Waals surface area contributed by atoms with E-state index in [4.69, 9.17) is 4.74 Å². The summed E-state index contributed by atoms with van der Waals surface area (Å²) in [6, 6.07) is 8.64. The van der Waals surface area contributed by atoms with E-state index in [9.17, 15) is 27.6 Å². The van der Waals surface area contributed by atoms with Crippen LogP contribution in [0, 0.1) is 6.92 Å². The van der Waals surface area contributed by atoms with E-state index >= 15 is 0 Å². The Morgan fingerprint density at radius 3 is 2.37 bits per heavy atom. The molecule has 1 unspecified atom stereocenters. The molecule has 1 atom stereocenters. The highest BCUT2D eigenvalue weighted by Crippen LogP contribution is 2.36. The molecular formula is C24H25F3N4O4. The van der Waals surface area contributed by atoms with E-state index in [-0.39, 0.29) is 5.69 Å². The molecule has 35 heavy (non-hydrogen) atoms. The summed E-state index contributed by atoms with van der Waals surface area (Å²) in [5.41, 5.74) is 0.930. The zero-order valence-electron chi connectivity index (χ0n) is 19.3. The molecule has 4 amide bonds. The summed E-state index contributed by atoms with van der Waals surface area (Å²) in [7, 11) is 0. The summed E-state index contributed by atoms with van der Waals surface area (Å²) >= 11 is 0. The van der Waals surface area contributed by atoms with E-state index in [1.807, 2.05) is 11.8 Å². The van der Waals surface area contributed by atoms with Gasteiger partial charge in [-0.15, -0.1) is 0 Å². The number of morpholine rings is 1. The first-order valence-electron chi connectivity index (χ1n) is 11.1. The number of amides is 4. The Balaban J connectivity index is 1.55. The lowest BCUT2D eigenvalue weighted by Gasteiger charge is -2.31. The Hall–Kier alpha value is -3.60. The van der Waals surface area contributed by atoms with Crippen molar-refractivity contribution in [3.05, 3.63) is 53.6 Å². The smallest absolute Gasteiger partial charge is 0.378 e. The van der Waals surface area contributed by atoms with Gasteiger partial charge in [-0.3, -0.25) is 19.4 Å². The number of halogens is 3. The fourth-order valence-corrected chi connectivity index (χ4v) is 4.14. The number of benzene rings is 2. The lowest BCUT2D eigenvalue weighted by molar-refractivity contribution is -0.137. The van der Waals surface area contributed by atoms with Gasteiger partial charge in [-0.25, -0.2) is 4.79 Å². The van der Waals surface area contributed by atoms with E-state index in [0.29, 0.717) is 37.7 Å². The molecule has 0 spiro atoms. The Bertz CT molecular complexity index is 1130. The zero-order valence-corrected chi connectivity index (χ0v) is 19.3. The quantitative estimate of drug-likeness (QED) is 0.648. The minimum absolute atomic E-state index is 0.0470. The van der Waals surface area contributed by atoms with Gasteiger partial charge >= 0.3 is 12.2 Å². The molecule has 2 aromatic carbocycles. The van der Waals surface area contributed by atoms with Gasteiger partial charge in [-0.1, -0.05) is 17.7 Å². The van der Waals surface area contributed by atoms with Crippen LogP contribution in [0.2, 0.25) is 0 Å². The van der Waals surface area contributed by atoms with Gasteiger partial charge in [0.05, 0.1) is 30.2 Å². The number of nitrogens with zero attached hydrogens (tertiary/aromatic N) is 3. The third kappa shape index (κ3) is 5.09. The average molecular weight is 490 g/mol. The third-order valence-corrected chi connectivity index (χ3v) is 6.01. The fourth-order valence-electron chi connectivity index (χ4n) is 4.14. The topological polar surface area (TPSA) is 82.2 Å². The molecule has 1 N–H and O–H groups in total. The average Bonchev–Trinajstić information content (AvgIpc) is 3.03. The highest BCUT2D eigenvalue weighted by atomic mass is 19.4. The molecule has 2 aromatic rings. The normalized spacial score (nSPS) is 18.9. The SMILES string of the molecule is Cc1ccc(N2C(=O)N(CC(=O)Nc3cc(C(F)(F)F)ccc3N3CCOCC3)C(=O)C2C)cc1. The lowest BCUT2D eigenvalue weighted by Crippen LogP contribution is -2.40. The minimum atomic E-state index is -4.60. The summed E-state index contributed by atoms with van der Waals surface area (Å²) in [6.07, 6.45) is -4.60. The summed E-state index contributed by atoms with van der Waals surface area (Å²) in [5, 5.41) is 2.48. The number of imide groups is 1. The van der Waals surface area contributed by atoms with Crippen LogP contribution in [0.4, 0.5) is 35.0 Å². The second-order valence-electron chi connectivity index (χ2n) is 8.47. The standard InChI is InChI=1S/C24H25F3N4O4/c1-15-3-6-18(7-4-15)31-16(2)22(33)30(23(31)34)14-21(32)28-19-13-17(24(25,26)27)5-8-20(19)29-9-11-35-12-10-29/h3-8,13,16H,9-12,14H2,1-2H3,(H,28,32). The van der Waals surface area contributed by atoms with Crippen LogP contribution in [0.1, 0.15) is 18.1 Å². The summed E-state index contributed by atoms with van der Waals surface area (Å²) in [4.78, 5) is 42.5. The predicted octanol–water partition coefficient (Wildman–Crippen LogP) is 3.65. The van der Waals surface area contributed by atoms with Crippen LogP contribution >= 0.6 is 0 Å². The van der Waals surface area contributed by atoms with Crippen LogP contribution in [0.3, 0.4) is 0 Å². The van der Waals surface area contributed by atoms with E-state index in [1.165, 1.54) is 11.0 Å². The fraction of sp³-hybridized carbons (Fsp3) is 0.375. The van der Waals surface area contributed by atoms with Crippen LogP contribution < -0.4 is 15.1 Å². The van der Waals surface area contributed by atoms with Gasteiger partial charge in [-0.05, 0) is 44.2 Å². The summed E-state index contributed by atoms with van der Waals surface area (Å²) in [6.45, 7) is 4.51.